The molecule has 1 aliphatic rings. The van der Waals surface area contributed by atoms with E-state index in [-0.39, 0.29) is 17.3 Å². The molecule has 0 amide bonds. The van der Waals surface area contributed by atoms with Crippen LogP contribution < -0.4 is 0 Å². The molecule has 2 nitrogen and oxygen atoms in total. The van der Waals surface area contributed by atoms with E-state index in [0.29, 0.717) is 0 Å². The summed E-state index contributed by atoms with van der Waals surface area (Å²) in [6.45, 7) is 4.03. The Bertz CT molecular complexity index is 383. The van der Waals surface area contributed by atoms with Gasteiger partial charge in [0.15, 0.2) is 0 Å². The molecule has 4 heteroatoms. The van der Waals surface area contributed by atoms with Crippen LogP contribution in [0.4, 0.5) is 0 Å². The van der Waals surface area contributed by atoms with E-state index in [1.54, 1.807) is 11.3 Å². The Morgan fingerprint density at radius 2 is 2.29 bits per heavy atom. The van der Waals surface area contributed by atoms with Gasteiger partial charge in [-0.15, -0.1) is 11.3 Å². The largest absolute Gasteiger partial charge is 0.481 e. The van der Waals surface area contributed by atoms with E-state index in [4.69, 9.17) is 5.11 Å². The van der Waals surface area contributed by atoms with Crippen LogP contribution in [0.2, 0.25) is 0 Å². The van der Waals surface area contributed by atoms with Crippen molar-refractivity contribution in [3.05, 3.63) is 20.8 Å². The smallest absolute Gasteiger partial charge is 0.307 e. The van der Waals surface area contributed by atoms with Crippen molar-refractivity contribution >= 4 is 33.2 Å². The van der Waals surface area contributed by atoms with E-state index < -0.39 is 5.97 Å². The van der Waals surface area contributed by atoms with Gasteiger partial charge in [-0.2, -0.15) is 0 Å². The topological polar surface area (TPSA) is 37.3 Å². The van der Waals surface area contributed by atoms with Gasteiger partial charge in [0.1, 0.15) is 0 Å². The fourth-order valence-electron chi connectivity index (χ4n) is 2.12. The lowest BCUT2D eigenvalue weighted by Crippen LogP contribution is -2.02. The third-order valence-corrected chi connectivity index (χ3v) is 4.97. The lowest BCUT2D eigenvalue weighted by molar-refractivity contribution is -0.139. The van der Waals surface area contributed by atoms with Gasteiger partial charge in [0.05, 0.1) is 5.92 Å². The predicted molar refractivity (Wildman–Crippen MR) is 59.7 cm³/mol. The molecule has 2 rings (SSSR count). The molecule has 1 N–H and O–H groups in total. The molecule has 0 saturated heterocycles. The highest BCUT2D eigenvalue weighted by molar-refractivity contribution is 9.10. The average Bonchev–Trinajstić information content (AvgIpc) is 2.42. The van der Waals surface area contributed by atoms with Crippen LogP contribution in [0.1, 0.15) is 24.6 Å². The first-order chi connectivity index (χ1) is 6.46. The molecule has 0 aromatic carbocycles. The Balaban J connectivity index is 2.32. The minimum Gasteiger partial charge on any atom is -0.481 e. The number of hydrogen-bond donors (Lipinski definition) is 1. The van der Waals surface area contributed by atoms with E-state index in [9.17, 15) is 4.79 Å². The number of aliphatic carboxylic acids is 1. The van der Waals surface area contributed by atoms with E-state index in [1.807, 2.05) is 25.3 Å². The molecule has 0 unspecified atom stereocenters. The van der Waals surface area contributed by atoms with Gasteiger partial charge in [-0.3, -0.25) is 4.79 Å². The Morgan fingerprint density at radius 1 is 1.64 bits per heavy atom. The molecule has 76 valence electrons. The number of halogens is 1. The summed E-state index contributed by atoms with van der Waals surface area (Å²) < 4.78 is 1.05. The second-order valence-electron chi connectivity index (χ2n) is 4.25. The minimum absolute atomic E-state index is 0.0980. The molecule has 1 aromatic rings. The van der Waals surface area contributed by atoms with Crippen LogP contribution in [-0.2, 0) is 4.79 Å². The van der Waals surface area contributed by atoms with E-state index >= 15 is 0 Å². The first-order valence-corrected chi connectivity index (χ1v) is 6.09. The van der Waals surface area contributed by atoms with Gasteiger partial charge < -0.3 is 5.11 Å². The SMILES string of the molecule is CC1(C)[C@H](C(=O)O)[C@H]1c1sccc1Br. The standard InChI is InChI=1S/C10H11BrO2S/c1-10(2)6(7(10)9(12)13)8-5(11)3-4-14-8/h3-4,6-7H,1-2H3,(H,12,13)/t6-,7-/m0/s1. The number of carbonyl (C=O) groups is 1. The van der Waals surface area contributed by atoms with Gasteiger partial charge in [0, 0.05) is 15.3 Å². The highest BCUT2D eigenvalue weighted by Gasteiger charge is 2.63. The Labute approximate surface area is 95.1 Å². The summed E-state index contributed by atoms with van der Waals surface area (Å²) in [6.07, 6.45) is 0. The summed E-state index contributed by atoms with van der Waals surface area (Å²) in [5, 5.41) is 11.0. The van der Waals surface area contributed by atoms with Crippen molar-refractivity contribution in [3.63, 3.8) is 0 Å². The molecule has 0 radical (unpaired) electrons. The lowest BCUT2D eigenvalue weighted by atomic mass is 10.1. The zero-order valence-corrected chi connectivity index (χ0v) is 10.4. The molecule has 1 aliphatic carbocycles. The highest BCUT2D eigenvalue weighted by atomic mass is 79.9. The van der Waals surface area contributed by atoms with Crippen molar-refractivity contribution in [2.45, 2.75) is 19.8 Å². The fraction of sp³-hybridized carbons (Fsp3) is 0.500. The van der Waals surface area contributed by atoms with Crippen LogP contribution in [0.3, 0.4) is 0 Å². The molecule has 1 heterocycles. The normalized spacial score (nSPS) is 28.8. The maximum absolute atomic E-state index is 11.0. The minimum atomic E-state index is -0.680. The van der Waals surface area contributed by atoms with Crippen molar-refractivity contribution in [2.75, 3.05) is 0 Å². The lowest BCUT2D eigenvalue weighted by Gasteiger charge is -1.99. The predicted octanol–water partition coefficient (Wildman–Crippen LogP) is 3.33. The molecule has 1 fully saturated rings. The van der Waals surface area contributed by atoms with E-state index in [2.05, 4.69) is 15.9 Å². The highest BCUT2D eigenvalue weighted by Crippen LogP contribution is 2.66. The Morgan fingerprint density at radius 3 is 2.64 bits per heavy atom. The third-order valence-electron chi connectivity index (χ3n) is 3.02. The number of carboxylic acids is 1. The monoisotopic (exact) mass is 274 g/mol. The molecular weight excluding hydrogens is 264 g/mol. The first kappa shape index (κ1) is 10.2. The molecule has 0 spiro atoms. The number of carboxylic acid groups (broad SMARTS) is 1. The van der Waals surface area contributed by atoms with Gasteiger partial charge in [-0.1, -0.05) is 13.8 Å². The summed E-state index contributed by atoms with van der Waals surface area (Å²) >= 11 is 5.09. The number of hydrogen-bond acceptors (Lipinski definition) is 2. The molecule has 2 atom stereocenters. The van der Waals surface area contributed by atoms with Crippen LogP contribution in [-0.4, -0.2) is 11.1 Å². The second kappa shape index (κ2) is 3.07. The van der Waals surface area contributed by atoms with Crippen molar-refractivity contribution in [3.8, 4) is 0 Å². The maximum Gasteiger partial charge on any atom is 0.307 e. The molecular formula is C10H11BrO2S. The molecule has 1 saturated carbocycles. The van der Waals surface area contributed by atoms with Crippen LogP contribution in [0.15, 0.2) is 15.9 Å². The summed E-state index contributed by atoms with van der Waals surface area (Å²) in [4.78, 5) is 12.2. The number of rotatable bonds is 2. The zero-order chi connectivity index (χ0) is 10.5. The quantitative estimate of drug-likeness (QED) is 0.898. The van der Waals surface area contributed by atoms with Crippen molar-refractivity contribution < 1.29 is 9.90 Å². The maximum atomic E-state index is 11.0. The Hall–Kier alpha value is -0.350. The van der Waals surface area contributed by atoms with Crippen molar-refractivity contribution in [1.82, 2.24) is 0 Å². The fourth-order valence-corrected chi connectivity index (χ4v) is 4.07. The first-order valence-electron chi connectivity index (χ1n) is 4.42. The van der Waals surface area contributed by atoms with Crippen LogP contribution in [0.25, 0.3) is 0 Å². The van der Waals surface area contributed by atoms with Crippen molar-refractivity contribution in [2.24, 2.45) is 11.3 Å². The molecule has 0 bridgehead atoms. The van der Waals surface area contributed by atoms with E-state index in [0.717, 1.165) is 4.47 Å². The molecule has 14 heavy (non-hydrogen) atoms. The average molecular weight is 275 g/mol. The van der Waals surface area contributed by atoms with Crippen LogP contribution >= 0.6 is 27.3 Å². The Kier molecular flexibility index (Phi) is 2.23. The summed E-state index contributed by atoms with van der Waals surface area (Å²) in [5.74, 6) is -0.730. The van der Waals surface area contributed by atoms with Crippen LogP contribution in [0.5, 0.6) is 0 Å². The molecule has 0 aliphatic heterocycles. The van der Waals surface area contributed by atoms with Gasteiger partial charge in [0.2, 0.25) is 0 Å². The van der Waals surface area contributed by atoms with E-state index in [1.165, 1.54) is 4.88 Å². The summed E-state index contributed by atoms with van der Waals surface area (Å²) in [7, 11) is 0. The second-order valence-corrected chi connectivity index (χ2v) is 6.05. The van der Waals surface area contributed by atoms with Gasteiger partial charge in [0.25, 0.3) is 0 Å². The third kappa shape index (κ3) is 1.32. The van der Waals surface area contributed by atoms with Gasteiger partial charge >= 0.3 is 5.97 Å². The van der Waals surface area contributed by atoms with Crippen molar-refractivity contribution in [1.29, 1.82) is 0 Å². The van der Waals surface area contributed by atoms with Gasteiger partial charge in [-0.25, -0.2) is 0 Å². The zero-order valence-electron chi connectivity index (χ0n) is 7.95. The molecule has 1 aromatic heterocycles. The van der Waals surface area contributed by atoms with Gasteiger partial charge in [-0.05, 0) is 32.8 Å². The summed E-state index contributed by atoms with van der Waals surface area (Å²) in [6, 6.07) is 1.98. The number of thiophene rings is 1. The summed E-state index contributed by atoms with van der Waals surface area (Å²) in [5.41, 5.74) is -0.0980. The van der Waals surface area contributed by atoms with Crippen LogP contribution in [0, 0.1) is 11.3 Å².